The van der Waals surface area contributed by atoms with Crippen LogP contribution in [0.15, 0.2) is 18.3 Å². The van der Waals surface area contributed by atoms with Crippen molar-refractivity contribution >= 4 is 5.91 Å². The van der Waals surface area contributed by atoms with E-state index in [0.29, 0.717) is 5.56 Å². The number of pyridine rings is 1. The van der Waals surface area contributed by atoms with Crippen LogP contribution in [0.25, 0.3) is 0 Å². The van der Waals surface area contributed by atoms with Crippen molar-refractivity contribution in [3.8, 4) is 0 Å². The van der Waals surface area contributed by atoms with E-state index in [1.807, 2.05) is 6.92 Å². The molecule has 4 nitrogen and oxygen atoms in total. The monoisotopic (exact) mass is 180 g/mol. The molecule has 0 bridgehead atoms. The third-order valence-electron chi connectivity index (χ3n) is 1.57. The van der Waals surface area contributed by atoms with Crippen molar-refractivity contribution < 1.29 is 9.90 Å². The zero-order valence-corrected chi connectivity index (χ0v) is 7.45. The fourth-order valence-electron chi connectivity index (χ4n) is 0.874. The van der Waals surface area contributed by atoms with E-state index in [4.69, 9.17) is 5.11 Å². The van der Waals surface area contributed by atoms with Gasteiger partial charge in [0.15, 0.2) is 0 Å². The molecule has 0 fully saturated rings. The van der Waals surface area contributed by atoms with Gasteiger partial charge < -0.3 is 10.4 Å². The van der Waals surface area contributed by atoms with E-state index in [9.17, 15) is 4.79 Å². The molecule has 1 heterocycles. The third kappa shape index (κ3) is 2.83. The van der Waals surface area contributed by atoms with Crippen LogP contribution < -0.4 is 5.32 Å². The first-order valence-corrected chi connectivity index (χ1v) is 4.06. The normalized spacial score (nSPS) is 9.69. The van der Waals surface area contributed by atoms with Crippen molar-refractivity contribution in [3.05, 3.63) is 29.6 Å². The Kier molecular flexibility index (Phi) is 3.40. The van der Waals surface area contributed by atoms with Gasteiger partial charge in [-0.2, -0.15) is 0 Å². The van der Waals surface area contributed by atoms with Crippen molar-refractivity contribution in [2.45, 2.75) is 6.92 Å². The lowest BCUT2D eigenvalue weighted by Crippen LogP contribution is -2.26. The molecule has 0 aliphatic heterocycles. The third-order valence-corrected chi connectivity index (χ3v) is 1.57. The van der Waals surface area contributed by atoms with Crippen molar-refractivity contribution in [2.75, 3.05) is 13.2 Å². The van der Waals surface area contributed by atoms with Gasteiger partial charge in [0, 0.05) is 18.4 Å². The number of nitrogens with zero attached hydrogens (tertiary/aromatic N) is 1. The molecule has 0 aromatic carbocycles. The molecular weight excluding hydrogens is 168 g/mol. The minimum atomic E-state index is -0.207. The zero-order valence-electron chi connectivity index (χ0n) is 7.45. The molecule has 13 heavy (non-hydrogen) atoms. The maximum atomic E-state index is 11.3. The Hall–Kier alpha value is -1.42. The van der Waals surface area contributed by atoms with Gasteiger partial charge in [-0.3, -0.25) is 9.78 Å². The smallest absolute Gasteiger partial charge is 0.252 e. The van der Waals surface area contributed by atoms with Gasteiger partial charge in [-0.1, -0.05) is 0 Å². The molecule has 0 saturated heterocycles. The summed E-state index contributed by atoms with van der Waals surface area (Å²) in [7, 11) is 0. The topological polar surface area (TPSA) is 62.2 Å². The summed E-state index contributed by atoms with van der Waals surface area (Å²) >= 11 is 0. The van der Waals surface area contributed by atoms with Crippen molar-refractivity contribution in [2.24, 2.45) is 0 Å². The second kappa shape index (κ2) is 4.57. The number of aliphatic hydroxyl groups is 1. The standard InChI is InChI=1S/C9H12N2O2/c1-7-2-3-8(6-11-7)9(13)10-4-5-12/h2-3,6,12H,4-5H2,1H3,(H,10,13). The van der Waals surface area contributed by atoms with Crippen LogP contribution in [0, 0.1) is 6.92 Å². The van der Waals surface area contributed by atoms with E-state index in [2.05, 4.69) is 10.3 Å². The summed E-state index contributed by atoms with van der Waals surface area (Å²) in [5.74, 6) is -0.207. The molecule has 2 N–H and O–H groups in total. The van der Waals surface area contributed by atoms with Crippen LogP contribution in [0.2, 0.25) is 0 Å². The van der Waals surface area contributed by atoms with Crippen LogP contribution in [-0.2, 0) is 0 Å². The molecule has 70 valence electrons. The number of aromatic nitrogens is 1. The first kappa shape index (κ1) is 9.67. The van der Waals surface area contributed by atoms with E-state index >= 15 is 0 Å². The quantitative estimate of drug-likeness (QED) is 0.694. The number of rotatable bonds is 3. The fourth-order valence-corrected chi connectivity index (χ4v) is 0.874. The average Bonchev–Trinajstić information content (AvgIpc) is 2.15. The minimum absolute atomic E-state index is 0.0506. The maximum Gasteiger partial charge on any atom is 0.252 e. The fraction of sp³-hybridized carbons (Fsp3) is 0.333. The van der Waals surface area contributed by atoms with Crippen molar-refractivity contribution in [1.29, 1.82) is 0 Å². The predicted octanol–water partition coefficient (Wildman–Crippen LogP) is 0.112. The van der Waals surface area contributed by atoms with Gasteiger partial charge in [-0.25, -0.2) is 0 Å². The van der Waals surface area contributed by atoms with Gasteiger partial charge in [0.25, 0.3) is 5.91 Å². The molecular formula is C9H12N2O2. The highest BCUT2D eigenvalue weighted by Gasteiger charge is 2.03. The predicted molar refractivity (Wildman–Crippen MR) is 48.4 cm³/mol. The van der Waals surface area contributed by atoms with Gasteiger partial charge in [0.1, 0.15) is 0 Å². The molecule has 1 aromatic heterocycles. The Morgan fingerprint density at radius 1 is 1.62 bits per heavy atom. The highest BCUT2D eigenvalue weighted by atomic mass is 16.3. The van der Waals surface area contributed by atoms with Crippen LogP contribution >= 0.6 is 0 Å². The van der Waals surface area contributed by atoms with Crippen LogP contribution in [-0.4, -0.2) is 29.1 Å². The summed E-state index contributed by atoms with van der Waals surface area (Å²) in [4.78, 5) is 15.2. The number of nitrogens with one attached hydrogen (secondary N) is 1. The number of aliphatic hydroxyl groups excluding tert-OH is 1. The molecule has 1 aromatic rings. The molecule has 1 rings (SSSR count). The second-order valence-corrected chi connectivity index (χ2v) is 2.67. The maximum absolute atomic E-state index is 11.3. The second-order valence-electron chi connectivity index (χ2n) is 2.67. The summed E-state index contributed by atoms with van der Waals surface area (Å²) in [5, 5.41) is 11.0. The van der Waals surface area contributed by atoms with E-state index in [0.717, 1.165) is 5.69 Å². The lowest BCUT2D eigenvalue weighted by molar-refractivity contribution is 0.0944. The SMILES string of the molecule is Cc1ccc(C(=O)NCCO)cn1. The molecule has 1 amide bonds. The van der Waals surface area contributed by atoms with Crippen LogP contribution in [0.4, 0.5) is 0 Å². The van der Waals surface area contributed by atoms with Crippen molar-refractivity contribution in [1.82, 2.24) is 10.3 Å². The summed E-state index contributed by atoms with van der Waals surface area (Å²) in [6, 6.07) is 3.48. The summed E-state index contributed by atoms with van der Waals surface area (Å²) in [6.07, 6.45) is 1.52. The zero-order chi connectivity index (χ0) is 9.68. The number of carbonyl (C=O) groups excluding carboxylic acids is 1. The van der Waals surface area contributed by atoms with E-state index in [1.165, 1.54) is 6.20 Å². The Labute approximate surface area is 76.6 Å². The number of aryl methyl sites for hydroxylation is 1. The highest BCUT2D eigenvalue weighted by Crippen LogP contribution is 1.98. The van der Waals surface area contributed by atoms with Crippen LogP contribution in [0.1, 0.15) is 16.1 Å². The van der Waals surface area contributed by atoms with Gasteiger partial charge in [0.2, 0.25) is 0 Å². The molecule has 0 atom stereocenters. The summed E-state index contributed by atoms with van der Waals surface area (Å²) < 4.78 is 0. The van der Waals surface area contributed by atoms with E-state index < -0.39 is 0 Å². The molecule has 0 radical (unpaired) electrons. The average molecular weight is 180 g/mol. The molecule has 0 saturated carbocycles. The highest BCUT2D eigenvalue weighted by molar-refractivity contribution is 5.93. The summed E-state index contributed by atoms with van der Waals surface area (Å²) in [5.41, 5.74) is 1.39. The van der Waals surface area contributed by atoms with Crippen molar-refractivity contribution in [3.63, 3.8) is 0 Å². The first-order valence-electron chi connectivity index (χ1n) is 4.06. The Balaban J connectivity index is 2.61. The molecule has 0 spiro atoms. The number of hydrogen-bond donors (Lipinski definition) is 2. The largest absolute Gasteiger partial charge is 0.395 e. The Morgan fingerprint density at radius 2 is 2.38 bits per heavy atom. The van der Waals surface area contributed by atoms with E-state index in [-0.39, 0.29) is 19.1 Å². The Bertz CT molecular complexity index is 282. The minimum Gasteiger partial charge on any atom is -0.395 e. The first-order chi connectivity index (χ1) is 6.24. The van der Waals surface area contributed by atoms with Gasteiger partial charge in [-0.05, 0) is 19.1 Å². The number of hydrogen-bond acceptors (Lipinski definition) is 3. The van der Waals surface area contributed by atoms with Gasteiger partial charge >= 0.3 is 0 Å². The molecule has 0 aliphatic carbocycles. The van der Waals surface area contributed by atoms with E-state index in [1.54, 1.807) is 12.1 Å². The summed E-state index contributed by atoms with van der Waals surface area (Å²) in [6.45, 7) is 2.08. The Morgan fingerprint density at radius 3 is 2.92 bits per heavy atom. The molecule has 4 heteroatoms. The van der Waals surface area contributed by atoms with Gasteiger partial charge in [0.05, 0.1) is 12.2 Å². The lowest BCUT2D eigenvalue weighted by atomic mass is 10.2. The van der Waals surface area contributed by atoms with Crippen LogP contribution in [0.5, 0.6) is 0 Å². The number of amides is 1. The number of carbonyl (C=O) groups is 1. The molecule has 0 unspecified atom stereocenters. The molecule has 0 aliphatic rings. The lowest BCUT2D eigenvalue weighted by Gasteiger charge is -2.02. The van der Waals surface area contributed by atoms with Crippen LogP contribution in [0.3, 0.4) is 0 Å². The van der Waals surface area contributed by atoms with Gasteiger partial charge in [-0.15, -0.1) is 0 Å².